The summed E-state index contributed by atoms with van der Waals surface area (Å²) in [5.74, 6) is 0. The smallest absolute Gasteiger partial charge is 0.287 e. The van der Waals surface area contributed by atoms with E-state index < -0.39 is 0 Å². The van der Waals surface area contributed by atoms with Crippen molar-refractivity contribution in [2.75, 3.05) is 5.73 Å². The molecular weight excluding hydrogens is 186 g/mol. The first-order valence-corrected chi connectivity index (χ1v) is 4.54. The Morgan fingerprint density at radius 3 is 3.00 bits per heavy atom. The van der Waals surface area contributed by atoms with Crippen LogP contribution in [0.15, 0.2) is 28.4 Å². The molecule has 0 bridgehead atoms. The molecule has 0 amide bonds. The summed E-state index contributed by atoms with van der Waals surface area (Å²) in [6.45, 7) is 0. The van der Waals surface area contributed by atoms with E-state index in [9.17, 15) is 4.79 Å². The maximum absolute atomic E-state index is 10.9. The van der Waals surface area contributed by atoms with Crippen molar-refractivity contribution in [2.24, 2.45) is 0 Å². The summed E-state index contributed by atoms with van der Waals surface area (Å²) < 4.78 is 0. The lowest BCUT2D eigenvalue weighted by Crippen LogP contribution is -2.12. The van der Waals surface area contributed by atoms with E-state index in [-0.39, 0.29) is 11.2 Å². The number of thiophene rings is 1. The Morgan fingerprint density at radius 2 is 2.38 bits per heavy atom. The maximum atomic E-state index is 10.9. The molecule has 0 saturated carbocycles. The van der Waals surface area contributed by atoms with Gasteiger partial charge < -0.3 is 5.73 Å². The van der Waals surface area contributed by atoms with E-state index in [2.05, 4.69) is 10.2 Å². The SMILES string of the molecule is Nc1cc(-c2cccs2)n[nH]c1=O. The van der Waals surface area contributed by atoms with E-state index in [0.29, 0.717) is 5.69 Å². The maximum Gasteiger partial charge on any atom is 0.287 e. The van der Waals surface area contributed by atoms with Gasteiger partial charge in [-0.3, -0.25) is 4.79 Å². The first-order chi connectivity index (χ1) is 6.27. The van der Waals surface area contributed by atoms with Gasteiger partial charge in [-0.15, -0.1) is 11.3 Å². The van der Waals surface area contributed by atoms with Crippen LogP contribution >= 0.6 is 11.3 Å². The van der Waals surface area contributed by atoms with E-state index in [1.807, 2.05) is 17.5 Å². The molecule has 2 rings (SSSR count). The van der Waals surface area contributed by atoms with E-state index in [0.717, 1.165) is 4.88 Å². The summed E-state index contributed by atoms with van der Waals surface area (Å²) in [5, 5.41) is 8.15. The molecular formula is C8H7N3OS. The van der Waals surface area contributed by atoms with Crippen LogP contribution in [0.25, 0.3) is 10.6 Å². The number of aromatic nitrogens is 2. The molecule has 4 nitrogen and oxygen atoms in total. The van der Waals surface area contributed by atoms with Crippen LogP contribution in [0.2, 0.25) is 0 Å². The first kappa shape index (κ1) is 8.00. The summed E-state index contributed by atoms with van der Waals surface area (Å²) in [5.41, 5.74) is 5.99. The van der Waals surface area contributed by atoms with Crippen molar-refractivity contribution >= 4 is 17.0 Å². The zero-order valence-electron chi connectivity index (χ0n) is 6.65. The minimum Gasteiger partial charge on any atom is -0.394 e. The van der Waals surface area contributed by atoms with E-state index >= 15 is 0 Å². The monoisotopic (exact) mass is 193 g/mol. The Balaban J connectivity index is 2.55. The molecule has 0 aliphatic rings. The van der Waals surface area contributed by atoms with Crippen molar-refractivity contribution in [1.82, 2.24) is 10.2 Å². The largest absolute Gasteiger partial charge is 0.394 e. The van der Waals surface area contributed by atoms with Crippen molar-refractivity contribution in [3.05, 3.63) is 33.9 Å². The lowest BCUT2D eigenvalue weighted by Gasteiger charge is -1.95. The van der Waals surface area contributed by atoms with E-state index in [4.69, 9.17) is 5.73 Å². The van der Waals surface area contributed by atoms with E-state index in [1.54, 1.807) is 17.4 Å². The number of nitrogens with one attached hydrogen (secondary N) is 1. The molecule has 0 aliphatic carbocycles. The third-order valence-electron chi connectivity index (χ3n) is 1.61. The van der Waals surface area contributed by atoms with Crippen LogP contribution in [0.4, 0.5) is 5.69 Å². The third-order valence-corrected chi connectivity index (χ3v) is 2.50. The van der Waals surface area contributed by atoms with Crippen molar-refractivity contribution < 1.29 is 0 Å². The van der Waals surface area contributed by atoms with Gasteiger partial charge in [-0.2, -0.15) is 5.10 Å². The molecule has 2 aromatic heterocycles. The first-order valence-electron chi connectivity index (χ1n) is 3.66. The van der Waals surface area contributed by atoms with Gasteiger partial charge in [0, 0.05) is 0 Å². The normalized spacial score (nSPS) is 10.2. The Kier molecular flexibility index (Phi) is 1.86. The van der Waals surface area contributed by atoms with Crippen LogP contribution in [0.3, 0.4) is 0 Å². The second-order valence-corrected chi connectivity index (χ2v) is 3.46. The van der Waals surface area contributed by atoms with Crippen molar-refractivity contribution in [3.63, 3.8) is 0 Å². The summed E-state index contributed by atoms with van der Waals surface area (Å²) >= 11 is 1.55. The number of nitrogens with zero attached hydrogens (tertiary/aromatic N) is 1. The fourth-order valence-corrected chi connectivity index (χ4v) is 1.66. The molecule has 66 valence electrons. The average molecular weight is 193 g/mol. The molecule has 3 N–H and O–H groups in total. The highest BCUT2D eigenvalue weighted by atomic mass is 32.1. The number of rotatable bonds is 1. The molecule has 0 atom stereocenters. The number of H-pyrrole nitrogens is 1. The average Bonchev–Trinajstić information content (AvgIpc) is 2.62. The number of nitrogens with two attached hydrogens (primary N) is 1. The minimum atomic E-state index is -0.347. The second kappa shape index (κ2) is 3.02. The standard InChI is InChI=1S/C8H7N3OS/c9-5-4-6(10-11-8(5)12)7-2-1-3-13-7/h1-4H,(H2,9,10)(H,11,12). The minimum absolute atomic E-state index is 0.193. The quantitative estimate of drug-likeness (QED) is 0.711. The highest BCUT2D eigenvalue weighted by Crippen LogP contribution is 2.21. The molecule has 0 unspecified atom stereocenters. The molecule has 2 heterocycles. The summed E-state index contributed by atoms with van der Waals surface area (Å²) in [6, 6.07) is 5.42. The molecule has 0 radical (unpaired) electrons. The van der Waals surface area contributed by atoms with Gasteiger partial charge in [-0.1, -0.05) is 6.07 Å². The van der Waals surface area contributed by atoms with Crippen LogP contribution in [-0.2, 0) is 0 Å². The number of aromatic amines is 1. The molecule has 0 saturated heterocycles. The number of nitrogen functional groups attached to an aromatic ring is 1. The predicted molar refractivity (Wildman–Crippen MR) is 52.6 cm³/mol. The topological polar surface area (TPSA) is 71.8 Å². The zero-order valence-corrected chi connectivity index (χ0v) is 7.47. The van der Waals surface area contributed by atoms with Crippen LogP contribution in [0.1, 0.15) is 0 Å². The Bertz CT molecular complexity index is 460. The van der Waals surface area contributed by atoms with Gasteiger partial charge in [0.2, 0.25) is 0 Å². The lowest BCUT2D eigenvalue weighted by atomic mass is 10.3. The van der Waals surface area contributed by atoms with Gasteiger partial charge in [-0.25, -0.2) is 5.10 Å². The Labute approximate surface area is 78.0 Å². The molecule has 13 heavy (non-hydrogen) atoms. The van der Waals surface area contributed by atoms with Crippen molar-refractivity contribution in [2.45, 2.75) is 0 Å². The molecule has 0 aromatic carbocycles. The highest BCUT2D eigenvalue weighted by Gasteiger charge is 2.02. The van der Waals surface area contributed by atoms with Crippen LogP contribution in [0.5, 0.6) is 0 Å². The highest BCUT2D eigenvalue weighted by molar-refractivity contribution is 7.13. The number of anilines is 1. The van der Waals surface area contributed by atoms with Gasteiger partial charge in [0.25, 0.3) is 5.56 Å². The fraction of sp³-hybridized carbons (Fsp3) is 0. The molecule has 0 aliphatic heterocycles. The van der Waals surface area contributed by atoms with Gasteiger partial charge in [0.1, 0.15) is 11.4 Å². The summed E-state index contributed by atoms with van der Waals surface area (Å²) in [4.78, 5) is 11.9. The molecule has 2 aromatic rings. The van der Waals surface area contributed by atoms with Gasteiger partial charge in [-0.05, 0) is 17.5 Å². The fourth-order valence-electron chi connectivity index (χ4n) is 0.971. The van der Waals surface area contributed by atoms with Crippen molar-refractivity contribution in [3.8, 4) is 10.6 Å². The van der Waals surface area contributed by atoms with Crippen LogP contribution in [-0.4, -0.2) is 10.2 Å². The summed E-state index contributed by atoms with van der Waals surface area (Å²) in [7, 11) is 0. The van der Waals surface area contributed by atoms with Gasteiger partial charge in [0.05, 0.1) is 4.88 Å². The molecule has 0 spiro atoms. The van der Waals surface area contributed by atoms with Crippen LogP contribution in [0, 0.1) is 0 Å². The van der Waals surface area contributed by atoms with Crippen molar-refractivity contribution in [1.29, 1.82) is 0 Å². The number of hydrogen-bond acceptors (Lipinski definition) is 4. The predicted octanol–water partition coefficient (Wildman–Crippen LogP) is 1.08. The number of hydrogen-bond donors (Lipinski definition) is 2. The lowest BCUT2D eigenvalue weighted by molar-refractivity contribution is 1.00. The van der Waals surface area contributed by atoms with E-state index in [1.165, 1.54) is 0 Å². The Morgan fingerprint density at radius 1 is 1.54 bits per heavy atom. The second-order valence-electron chi connectivity index (χ2n) is 2.51. The summed E-state index contributed by atoms with van der Waals surface area (Å²) in [6.07, 6.45) is 0. The molecule has 0 fully saturated rings. The Hall–Kier alpha value is -1.62. The van der Waals surface area contributed by atoms with Crippen LogP contribution < -0.4 is 11.3 Å². The zero-order chi connectivity index (χ0) is 9.26. The van der Waals surface area contributed by atoms with Gasteiger partial charge in [0.15, 0.2) is 0 Å². The molecule has 5 heteroatoms. The third kappa shape index (κ3) is 1.46. The van der Waals surface area contributed by atoms with Gasteiger partial charge >= 0.3 is 0 Å².